The third-order valence-electron chi connectivity index (χ3n) is 4.21. The van der Waals surface area contributed by atoms with Crippen LogP contribution in [0.5, 0.6) is 0 Å². The lowest BCUT2D eigenvalue weighted by Crippen LogP contribution is -2.17. The minimum Gasteiger partial charge on any atom is -0.510 e. The van der Waals surface area contributed by atoms with E-state index in [2.05, 4.69) is 15.2 Å². The molecule has 3 aromatic rings. The van der Waals surface area contributed by atoms with Crippen molar-refractivity contribution in [2.75, 3.05) is 5.75 Å². The Morgan fingerprint density at radius 2 is 2.19 bits per heavy atom. The smallest absolute Gasteiger partial charge is 0.343 e. The topological polar surface area (TPSA) is 113 Å². The predicted octanol–water partition coefficient (Wildman–Crippen LogP) is 2.84. The summed E-state index contributed by atoms with van der Waals surface area (Å²) < 4.78 is 3.32. The summed E-state index contributed by atoms with van der Waals surface area (Å²) in [5.74, 6) is 0.420. The van der Waals surface area contributed by atoms with Crippen LogP contribution in [0.25, 0.3) is 16.6 Å². The van der Waals surface area contributed by atoms with Crippen LogP contribution in [0.2, 0.25) is 0 Å². The molecule has 0 aliphatic carbocycles. The highest BCUT2D eigenvalue weighted by Gasteiger charge is 2.17. The fraction of sp³-hybridized carbons (Fsp3) is 0.333. The number of imidazole rings is 1. The fourth-order valence-electron chi connectivity index (χ4n) is 2.74. The highest BCUT2D eigenvalue weighted by atomic mass is 32.2. The number of benzene rings is 1. The van der Waals surface area contributed by atoms with E-state index in [1.165, 1.54) is 11.8 Å². The second-order valence-corrected chi connectivity index (χ2v) is 6.96. The SMILES string of the molecule is CCCCn1c(SC/C(O)=C(\C#N)c2nc3ccccc3n2C)n[nH]c1=O. The first-order valence-electron chi connectivity index (χ1n) is 8.58. The number of thioether (sulfide) groups is 1. The van der Waals surface area contributed by atoms with Crippen LogP contribution in [0.3, 0.4) is 0 Å². The molecular formula is C18H20N6O2S. The van der Waals surface area contributed by atoms with Gasteiger partial charge in [-0.3, -0.25) is 4.57 Å². The van der Waals surface area contributed by atoms with Crippen molar-refractivity contribution < 1.29 is 5.11 Å². The average Bonchev–Trinajstić information content (AvgIpc) is 3.19. The Labute approximate surface area is 160 Å². The maximum Gasteiger partial charge on any atom is 0.343 e. The molecule has 0 saturated carbocycles. The van der Waals surface area contributed by atoms with Gasteiger partial charge < -0.3 is 9.67 Å². The monoisotopic (exact) mass is 384 g/mol. The third kappa shape index (κ3) is 3.75. The number of fused-ring (bicyclic) bond motifs is 1. The van der Waals surface area contributed by atoms with Gasteiger partial charge in [-0.1, -0.05) is 37.2 Å². The van der Waals surface area contributed by atoms with Crippen LogP contribution >= 0.6 is 11.8 Å². The Bertz CT molecular complexity index is 1090. The van der Waals surface area contributed by atoms with Gasteiger partial charge in [-0.25, -0.2) is 14.9 Å². The summed E-state index contributed by atoms with van der Waals surface area (Å²) in [6.45, 7) is 2.61. The molecule has 9 heteroatoms. The highest BCUT2D eigenvalue weighted by Crippen LogP contribution is 2.25. The van der Waals surface area contributed by atoms with Gasteiger partial charge in [0.05, 0.1) is 16.8 Å². The standard InChI is InChI=1S/C18H20N6O2S/c1-3-4-9-24-17(26)21-22-18(24)27-11-15(25)12(10-19)16-20-13-7-5-6-8-14(13)23(16)2/h5-8,25H,3-4,9,11H2,1-2H3,(H,21,26)/b15-12-. The van der Waals surface area contributed by atoms with Crippen LogP contribution in [-0.2, 0) is 13.6 Å². The Morgan fingerprint density at radius 1 is 1.41 bits per heavy atom. The molecule has 3 rings (SSSR count). The van der Waals surface area contributed by atoms with Crippen LogP contribution in [0.4, 0.5) is 0 Å². The first kappa shape index (κ1) is 18.8. The van der Waals surface area contributed by atoms with Gasteiger partial charge in [0.25, 0.3) is 0 Å². The Morgan fingerprint density at radius 3 is 2.89 bits per heavy atom. The lowest BCUT2D eigenvalue weighted by molar-refractivity contribution is 0.420. The number of allylic oxidation sites excluding steroid dienone is 1. The minimum atomic E-state index is -0.273. The number of hydrogen-bond acceptors (Lipinski definition) is 6. The lowest BCUT2D eigenvalue weighted by atomic mass is 10.2. The molecule has 0 atom stereocenters. The Kier molecular flexibility index (Phi) is 5.66. The molecule has 0 unspecified atom stereocenters. The molecule has 1 aromatic carbocycles. The summed E-state index contributed by atoms with van der Waals surface area (Å²) in [6, 6.07) is 9.58. The van der Waals surface area contributed by atoms with Crippen molar-refractivity contribution in [3.8, 4) is 6.07 Å². The average molecular weight is 384 g/mol. The van der Waals surface area contributed by atoms with Gasteiger partial charge in [0.1, 0.15) is 17.4 Å². The van der Waals surface area contributed by atoms with E-state index in [9.17, 15) is 15.2 Å². The second kappa shape index (κ2) is 8.14. The molecule has 2 heterocycles. The molecule has 0 bridgehead atoms. The summed E-state index contributed by atoms with van der Waals surface area (Å²) in [4.78, 5) is 16.3. The van der Waals surface area contributed by atoms with Crippen LogP contribution in [0.1, 0.15) is 25.6 Å². The third-order valence-corrected chi connectivity index (χ3v) is 5.20. The van der Waals surface area contributed by atoms with E-state index >= 15 is 0 Å². The van der Waals surface area contributed by atoms with Gasteiger partial charge in [-0.2, -0.15) is 5.26 Å². The first-order valence-corrected chi connectivity index (χ1v) is 9.57. The van der Waals surface area contributed by atoms with Crippen LogP contribution in [-0.4, -0.2) is 35.2 Å². The molecule has 0 fully saturated rings. The number of H-pyrrole nitrogens is 1. The molecular weight excluding hydrogens is 364 g/mol. The summed E-state index contributed by atoms with van der Waals surface area (Å²) in [5, 5.41) is 27.0. The van der Waals surface area contributed by atoms with Gasteiger partial charge in [-0.15, -0.1) is 5.10 Å². The molecule has 0 aliphatic heterocycles. The minimum absolute atomic E-state index is 0.0987. The number of nitriles is 1. The van der Waals surface area contributed by atoms with E-state index in [1.54, 1.807) is 16.2 Å². The zero-order valence-electron chi connectivity index (χ0n) is 15.1. The molecule has 0 amide bonds. The molecule has 2 aromatic heterocycles. The van der Waals surface area contributed by atoms with E-state index < -0.39 is 0 Å². The predicted molar refractivity (Wildman–Crippen MR) is 104 cm³/mol. The maximum atomic E-state index is 11.8. The number of nitrogens with one attached hydrogen (secondary N) is 1. The van der Waals surface area contributed by atoms with Gasteiger partial charge in [0.2, 0.25) is 0 Å². The largest absolute Gasteiger partial charge is 0.510 e. The molecule has 0 radical (unpaired) electrons. The van der Waals surface area contributed by atoms with Gasteiger partial charge in [-0.05, 0) is 18.6 Å². The Balaban J connectivity index is 1.87. The number of para-hydroxylation sites is 2. The number of rotatable bonds is 7. The van der Waals surface area contributed by atoms with Gasteiger partial charge >= 0.3 is 5.69 Å². The van der Waals surface area contributed by atoms with E-state index in [0.29, 0.717) is 17.5 Å². The van der Waals surface area contributed by atoms with Crippen molar-refractivity contribution in [1.29, 1.82) is 5.26 Å². The normalized spacial score (nSPS) is 12.2. The number of unbranched alkanes of at least 4 members (excludes halogenated alkanes) is 1. The first-order chi connectivity index (χ1) is 13.1. The number of aromatic amines is 1. The zero-order valence-corrected chi connectivity index (χ0v) is 16.0. The highest BCUT2D eigenvalue weighted by molar-refractivity contribution is 7.99. The molecule has 2 N–H and O–H groups in total. The van der Waals surface area contributed by atoms with E-state index in [4.69, 9.17) is 0 Å². The number of nitrogens with zero attached hydrogens (tertiary/aromatic N) is 5. The van der Waals surface area contributed by atoms with Crippen molar-refractivity contribution in [3.63, 3.8) is 0 Å². The maximum absolute atomic E-state index is 11.8. The molecule has 0 spiro atoms. The summed E-state index contributed by atoms with van der Waals surface area (Å²) in [5.41, 5.74) is 1.47. The van der Waals surface area contributed by atoms with Crippen molar-refractivity contribution in [3.05, 3.63) is 46.3 Å². The van der Waals surface area contributed by atoms with Gasteiger partial charge in [0, 0.05) is 13.6 Å². The zero-order chi connectivity index (χ0) is 19.4. The van der Waals surface area contributed by atoms with Gasteiger partial charge in [0.15, 0.2) is 11.0 Å². The number of hydrogen-bond donors (Lipinski definition) is 2. The lowest BCUT2D eigenvalue weighted by Gasteiger charge is -2.06. The fourth-order valence-corrected chi connectivity index (χ4v) is 3.60. The van der Waals surface area contributed by atoms with Crippen LogP contribution in [0, 0.1) is 11.3 Å². The quantitative estimate of drug-likeness (QED) is 0.368. The van der Waals surface area contributed by atoms with Crippen molar-refractivity contribution in [2.24, 2.45) is 7.05 Å². The van der Waals surface area contributed by atoms with Crippen molar-refractivity contribution in [2.45, 2.75) is 31.5 Å². The number of aliphatic hydroxyl groups excluding tert-OH is 1. The van der Waals surface area contributed by atoms with Crippen molar-refractivity contribution >= 4 is 28.4 Å². The van der Waals surface area contributed by atoms with E-state index in [1.807, 2.05) is 37.3 Å². The molecule has 27 heavy (non-hydrogen) atoms. The molecule has 140 valence electrons. The Hall–Kier alpha value is -2.99. The number of aryl methyl sites for hydroxylation is 1. The van der Waals surface area contributed by atoms with Crippen molar-refractivity contribution in [1.82, 2.24) is 24.3 Å². The summed E-state index contributed by atoms with van der Waals surface area (Å²) in [7, 11) is 1.80. The summed E-state index contributed by atoms with van der Waals surface area (Å²) >= 11 is 1.20. The van der Waals surface area contributed by atoms with E-state index in [-0.39, 0.29) is 22.8 Å². The van der Waals surface area contributed by atoms with E-state index in [0.717, 1.165) is 23.9 Å². The molecule has 0 aliphatic rings. The number of aliphatic hydroxyl groups is 1. The van der Waals surface area contributed by atoms with Crippen LogP contribution < -0.4 is 5.69 Å². The second-order valence-electron chi connectivity index (χ2n) is 6.02. The molecule has 8 nitrogen and oxygen atoms in total. The number of aromatic nitrogens is 5. The summed E-state index contributed by atoms with van der Waals surface area (Å²) in [6.07, 6.45) is 1.82. The van der Waals surface area contributed by atoms with Crippen LogP contribution in [0.15, 0.2) is 40.0 Å². The molecule has 0 saturated heterocycles.